The highest BCUT2D eigenvalue weighted by molar-refractivity contribution is 6.42. The van der Waals surface area contributed by atoms with E-state index in [1.165, 1.54) is 12.8 Å². The standard InChI is InChI=1S/C15H18Cl2N2O/c1-18-7-10-2-4-12(18)9-19(8-10)15(20)11-3-5-13(16)14(17)6-11/h3,5-6,10,12H,2,4,7-9H2,1H3/t10-,12-/m0/s1. The van der Waals surface area contributed by atoms with E-state index in [1.54, 1.807) is 18.2 Å². The minimum absolute atomic E-state index is 0.0655. The summed E-state index contributed by atoms with van der Waals surface area (Å²) in [4.78, 5) is 17.0. The number of rotatable bonds is 1. The first-order valence-electron chi connectivity index (χ1n) is 6.99. The lowest BCUT2D eigenvalue weighted by Crippen LogP contribution is -2.41. The van der Waals surface area contributed by atoms with E-state index in [9.17, 15) is 4.79 Å². The molecule has 3 aliphatic rings. The van der Waals surface area contributed by atoms with Crippen molar-refractivity contribution in [3.05, 3.63) is 33.8 Å². The van der Waals surface area contributed by atoms with Gasteiger partial charge in [-0.2, -0.15) is 0 Å². The number of hydrogen-bond acceptors (Lipinski definition) is 2. The maximum Gasteiger partial charge on any atom is 0.253 e. The summed E-state index contributed by atoms with van der Waals surface area (Å²) < 4.78 is 0. The predicted molar refractivity (Wildman–Crippen MR) is 81.5 cm³/mol. The average Bonchev–Trinajstić information content (AvgIpc) is 2.72. The zero-order chi connectivity index (χ0) is 14.3. The highest BCUT2D eigenvalue weighted by atomic mass is 35.5. The molecule has 3 nitrogen and oxygen atoms in total. The number of hydrogen-bond donors (Lipinski definition) is 0. The molecule has 0 aromatic heterocycles. The molecular weight excluding hydrogens is 295 g/mol. The van der Waals surface area contributed by atoms with Crippen LogP contribution in [0.5, 0.6) is 0 Å². The van der Waals surface area contributed by atoms with Gasteiger partial charge in [0.25, 0.3) is 5.91 Å². The van der Waals surface area contributed by atoms with Crippen molar-refractivity contribution in [2.24, 2.45) is 5.92 Å². The highest BCUT2D eigenvalue weighted by Gasteiger charge is 2.34. The summed E-state index contributed by atoms with van der Waals surface area (Å²) in [6.07, 6.45) is 2.41. The Bertz CT molecular complexity index is 535. The summed E-state index contributed by atoms with van der Waals surface area (Å²) in [6.45, 7) is 2.75. The Morgan fingerprint density at radius 1 is 1.15 bits per heavy atom. The van der Waals surface area contributed by atoms with Crippen LogP contribution in [0.15, 0.2) is 18.2 Å². The molecule has 0 saturated carbocycles. The van der Waals surface area contributed by atoms with E-state index < -0.39 is 0 Å². The number of benzene rings is 1. The lowest BCUT2D eigenvalue weighted by atomic mass is 9.96. The lowest BCUT2D eigenvalue weighted by molar-refractivity contribution is 0.0742. The molecule has 3 fully saturated rings. The molecule has 2 atom stereocenters. The average molecular weight is 313 g/mol. The smallest absolute Gasteiger partial charge is 0.253 e. The van der Waals surface area contributed by atoms with Crippen LogP contribution in [0, 0.1) is 5.92 Å². The molecule has 0 radical (unpaired) electrons. The second-order valence-corrected chi connectivity index (χ2v) is 6.69. The van der Waals surface area contributed by atoms with Gasteiger partial charge in [0.05, 0.1) is 10.0 Å². The van der Waals surface area contributed by atoms with Crippen LogP contribution < -0.4 is 0 Å². The molecule has 1 aromatic rings. The molecule has 20 heavy (non-hydrogen) atoms. The van der Waals surface area contributed by atoms with Gasteiger partial charge in [0.15, 0.2) is 0 Å². The number of halogens is 2. The molecule has 3 aliphatic heterocycles. The van der Waals surface area contributed by atoms with Gasteiger partial charge in [-0.3, -0.25) is 4.79 Å². The van der Waals surface area contributed by atoms with Gasteiger partial charge in [0, 0.05) is 31.2 Å². The normalized spacial score (nSPS) is 26.6. The molecule has 0 N–H and O–H groups in total. The predicted octanol–water partition coefficient (Wildman–Crippen LogP) is 3.16. The van der Waals surface area contributed by atoms with Crippen molar-refractivity contribution in [2.75, 3.05) is 26.7 Å². The van der Waals surface area contributed by atoms with Crippen LogP contribution in [-0.4, -0.2) is 48.4 Å². The zero-order valence-corrected chi connectivity index (χ0v) is 13.0. The van der Waals surface area contributed by atoms with Crippen LogP contribution in [0.4, 0.5) is 0 Å². The van der Waals surface area contributed by atoms with Gasteiger partial charge in [-0.15, -0.1) is 0 Å². The van der Waals surface area contributed by atoms with Crippen LogP contribution in [0.25, 0.3) is 0 Å². The van der Waals surface area contributed by atoms with Crippen molar-refractivity contribution < 1.29 is 4.79 Å². The second-order valence-electron chi connectivity index (χ2n) is 5.88. The first kappa shape index (κ1) is 14.2. The first-order valence-corrected chi connectivity index (χ1v) is 7.74. The molecule has 108 valence electrons. The van der Waals surface area contributed by atoms with Gasteiger partial charge < -0.3 is 9.80 Å². The molecule has 5 heteroatoms. The third-order valence-electron chi connectivity index (χ3n) is 4.44. The van der Waals surface area contributed by atoms with Crippen LogP contribution in [0.1, 0.15) is 23.2 Å². The van der Waals surface area contributed by atoms with Crippen LogP contribution in [-0.2, 0) is 0 Å². The Labute approximate surface area is 129 Å². The Morgan fingerprint density at radius 3 is 2.65 bits per heavy atom. The van der Waals surface area contributed by atoms with E-state index in [-0.39, 0.29) is 5.91 Å². The summed E-state index contributed by atoms with van der Waals surface area (Å²) in [7, 11) is 2.16. The minimum atomic E-state index is 0.0655. The third kappa shape index (κ3) is 2.67. The van der Waals surface area contributed by atoms with E-state index in [0.29, 0.717) is 27.6 Å². The van der Waals surface area contributed by atoms with Crippen molar-refractivity contribution in [3.63, 3.8) is 0 Å². The fourth-order valence-corrected chi connectivity index (χ4v) is 3.59. The van der Waals surface area contributed by atoms with Crippen molar-refractivity contribution in [3.8, 4) is 0 Å². The molecule has 1 amide bonds. The highest BCUT2D eigenvalue weighted by Crippen LogP contribution is 2.28. The van der Waals surface area contributed by atoms with Crippen LogP contribution >= 0.6 is 23.2 Å². The van der Waals surface area contributed by atoms with Crippen LogP contribution in [0.3, 0.4) is 0 Å². The van der Waals surface area contributed by atoms with Crippen molar-refractivity contribution in [1.29, 1.82) is 0 Å². The van der Waals surface area contributed by atoms with E-state index >= 15 is 0 Å². The minimum Gasteiger partial charge on any atom is -0.337 e. The topological polar surface area (TPSA) is 23.6 Å². The van der Waals surface area contributed by atoms with E-state index in [4.69, 9.17) is 23.2 Å². The Hall–Kier alpha value is -0.770. The maximum absolute atomic E-state index is 12.6. The Morgan fingerprint density at radius 2 is 1.95 bits per heavy atom. The number of carbonyl (C=O) groups excluding carboxylic acids is 1. The monoisotopic (exact) mass is 312 g/mol. The van der Waals surface area contributed by atoms with E-state index in [1.807, 2.05) is 4.90 Å². The summed E-state index contributed by atoms with van der Waals surface area (Å²) in [5.74, 6) is 0.654. The Kier molecular flexibility index (Phi) is 3.93. The number of piperidine rings is 1. The number of nitrogens with zero attached hydrogens (tertiary/aromatic N) is 2. The van der Waals surface area contributed by atoms with Gasteiger partial charge in [-0.25, -0.2) is 0 Å². The maximum atomic E-state index is 12.6. The number of carbonyl (C=O) groups is 1. The van der Waals surface area contributed by atoms with E-state index in [0.717, 1.165) is 19.6 Å². The SMILES string of the molecule is CN1C[C@@H]2CC[C@H]1CN(C(=O)c1ccc(Cl)c(Cl)c1)C2. The quantitative estimate of drug-likeness (QED) is 0.795. The van der Waals surface area contributed by atoms with Gasteiger partial charge in [0.2, 0.25) is 0 Å². The molecular formula is C15H18Cl2N2O. The van der Waals surface area contributed by atoms with Crippen LogP contribution in [0.2, 0.25) is 10.0 Å². The molecule has 4 rings (SSSR count). The summed E-state index contributed by atoms with van der Waals surface area (Å²) in [5.41, 5.74) is 0.628. The number of likely N-dealkylation sites (N-methyl/N-ethyl adjacent to an activating group) is 1. The van der Waals surface area contributed by atoms with Gasteiger partial charge in [0.1, 0.15) is 0 Å². The lowest BCUT2D eigenvalue weighted by Gasteiger charge is -2.32. The fraction of sp³-hybridized carbons (Fsp3) is 0.533. The molecule has 3 saturated heterocycles. The van der Waals surface area contributed by atoms with Gasteiger partial charge >= 0.3 is 0 Å². The molecule has 0 aliphatic carbocycles. The third-order valence-corrected chi connectivity index (χ3v) is 5.18. The van der Waals surface area contributed by atoms with Crippen molar-refractivity contribution >= 4 is 29.1 Å². The first-order chi connectivity index (χ1) is 9.54. The molecule has 2 bridgehead atoms. The Balaban J connectivity index is 1.81. The summed E-state index contributed by atoms with van der Waals surface area (Å²) >= 11 is 11.9. The molecule has 1 aromatic carbocycles. The van der Waals surface area contributed by atoms with Gasteiger partial charge in [-0.1, -0.05) is 23.2 Å². The molecule has 0 unspecified atom stereocenters. The summed E-state index contributed by atoms with van der Waals surface area (Å²) in [5, 5.41) is 0.923. The van der Waals surface area contributed by atoms with Gasteiger partial charge in [-0.05, 0) is 44.0 Å². The number of amides is 1. The number of fused-ring (bicyclic) bond motifs is 4. The zero-order valence-electron chi connectivity index (χ0n) is 11.5. The largest absolute Gasteiger partial charge is 0.337 e. The van der Waals surface area contributed by atoms with Crippen molar-refractivity contribution in [1.82, 2.24) is 9.80 Å². The van der Waals surface area contributed by atoms with Crippen molar-refractivity contribution in [2.45, 2.75) is 18.9 Å². The molecule has 0 spiro atoms. The molecule has 3 heterocycles. The van der Waals surface area contributed by atoms with E-state index in [2.05, 4.69) is 11.9 Å². The fourth-order valence-electron chi connectivity index (χ4n) is 3.29. The second kappa shape index (κ2) is 5.55. The summed E-state index contributed by atoms with van der Waals surface area (Å²) in [6, 6.07) is 5.60.